The average molecular weight is 311 g/mol. The Morgan fingerprint density at radius 3 is 2.25 bits per heavy atom. The second-order valence-corrected chi connectivity index (χ2v) is 5.19. The van der Waals surface area contributed by atoms with E-state index >= 15 is 0 Å². The Bertz CT molecular complexity index is 218. The van der Waals surface area contributed by atoms with Crippen LogP contribution < -0.4 is 69.9 Å². The van der Waals surface area contributed by atoms with Gasteiger partial charge in [0.1, 0.15) is 0 Å². The van der Waals surface area contributed by atoms with Gasteiger partial charge in [0, 0.05) is 6.54 Å². The molecule has 1 aliphatic heterocycles. The van der Waals surface area contributed by atoms with E-state index in [0.717, 1.165) is 25.8 Å². The maximum atomic E-state index is 4.83. The Morgan fingerprint density at radius 1 is 1.12 bits per heavy atom. The molecule has 2 N–H and O–H groups in total. The smallest absolute Gasteiger partial charge is 0.412 e. The molecule has 1 saturated heterocycles. The van der Waals surface area contributed by atoms with Crippen molar-refractivity contribution in [2.75, 3.05) is 6.54 Å². The first-order chi connectivity index (χ1) is 6.59. The molecule has 1 heterocycles. The fraction of sp³-hybridized carbons (Fsp3) is 0.714. The van der Waals surface area contributed by atoms with E-state index in [-0.39, 0.29) is 65.3 Å². The summed E-state index contributed by atoms with van der Waals surface area (Å²) in [7, 11) is 0. The molecule has 3 nitrogen and oxygen atoms in total. The van der Waals surface area contributed by atoms with Crippen molar-refractivity contribution in [3.63, 3.8) is 0 Å². The number of nitrogens with zero attached hydrogens (tertiary/aromatic N) is 1. The summed E-state index contributed by atoms with van der Waals surface area (Å²) in [6, 6.07) is 0. The van der Waals surface area contributed by atoms with Gasteiger partial charge < -0.3 is 60.4 Å². The van der Waals surface area contributed by atoms with Crippen molar-refractivity contribution in [1.82, 2.24) is 15.8 Å². The maximum Gasteiger partial charge on any atom is 1.00 e. The van der Waals surface area contributed by atoms with Gasteiger partial charge in [0.05, 0.1) is 6.17 Å². The average Bonchev–Trinajstić information content (AvgIpc) is 2.06. The molecule has 0 aromatic heterocycles. The van der Waals surface area contributed by atoms with Gasteiger partial charge in [-0.05, 0) is 23.6 Å². The second-order valence-electron chi connectivity index (χ2n) is 3.04. The third-order valence-corrected chi connectivity index (χ3v) is 2.44. The van der Waals surface area contributed by atoms with Gasteiger partial charge >= 0.3 is 59.1 Å². The van der Waals surface area contributed by atoms with Crippen LogP contribution in [0.15, 0.2) is 0 Å². The van der Waals surface area contributed by atoms with E-state index in [1.165, 1.54) is 0 Å². The number of nitrogens with one attached hydrogen (secondary N) is 2. The molecule has 0 saturated carbocycles. The molecule has 1 atom stereocenters. The molecule has 16 heavy (non-hydrogen) atoms. The van der Waals surface area contributed by atoms with Gasteiger partial charge in [0.15, 0.2) is 0 Å². The van der Waals surface area contributed by atoms with Gasteiger partial charge in [-0.2, -0.15) is 0 Å². The number of hydrogen-bond acceptors (Lipinski definition) is 5. The Labute approximate surface area is 163 Å². The summed E-state index contributed by atoms with van der Waals surface area (Å²) in [5, 5.41) is 5.01. The Kier molecular flexibility index (Phi) is 14.1. The number of thiocarbonyl (C=S) groups is 2. The predicted octanol–water partition coefficient (Wildman–Crippen LogP) is -5.44. The zero-order chi connectivity index (χ0) is 10.6. The zero-order valence-corrected chi connectivity index (χ0v) is 16.8. The standard InChI is InChI=1S/C7H13N3S4.2Na/c11-6(12)8-5-3-1-2-4-10(5)9-7(13)14;;/h5H,1-4H2,(H2,8,11,12)(H2,9,13,14);;/q;2*+1/p-2. The summed E-state index contributed by atoms with van der Waals surface area (Å²) in [6.07, 6.45) is 3.42. The Hall–Kier alpha value is 2.18. The van der Waals surface area contributed by atoms with Crippen molar-refractivity contribution in [3.05, 3.63) is 0 Å². The summed E-state index contributed by atoms with van der Waals surface area (Å²) in [4.78, 5) is 0. The van der Waals surface area contributed by atoms with Crippen LogP contribution >= 0.6 is 24.4 Å². The summed E-state index contributed by atoms with van der Waals surface area (Å²) >= 11 is 19.3. The van der Waals surface area contributed by atoms with Gasteiger partial charge in [0.25, 0.3) is 0 Å². The summed E-state index contributed by atoms with van der Waals surface area (Å²) in [5.41, 5.74) is 2.95. The minimum atomic E-state index is 0. The first-order valence-electron chi connectivity index (χ1n) is 4.31. The van der Waals surface area contributed by atoms with E-state index in [2.05, 4.69) is 10.7 Å². The van der Waals surface area contributed by atoms with E-state index in [0.29, 0.717) is 8.64 Å². The number of rotatable bonds is 2. The quantitative estimate of drug-likeness (QED) is 0.299. The van der Waals surface area contributed by atoms with Crippen LogP contribution in [0.2, 0.25) is 0 Å². The van der Waals surface area contributed by atoms with E-state index in [1.807, 2.05) is 5.01 Å². The normalized spacial score (nSPS) is 19.9. The molecule has 9 heteroatoms. The minimum absolute atomic E-state index is 0. The van der Waals surface area contributed by atoms with E-state index in [4.69, 9.17) is 49.7 Å². The minimum Gasteiger partial charge on any atom is -0.412 e. The molecule has 0 amide bonds. The third kappa shape index (κ3) is 8.31. The van der Waals surface area contributed by atoms with Gasteiger partial charge in [-0.3, -0.25) is 0 Å². The number of hydrogen-bond donors (Lipinski definition) is 2. The molecule has 1 unspecified atom stereocenters. The van der Waals surface area contributed by atoms with Crippen molar-refractivity contribution in [3.8, 4) is 0 Å². The molecule has 1 rings (SSSR count). The molecule has 0 aliphatic carbocycles. The van der Waals surface area contributed by atoms with Crippen LogP contribution in [0.5, 0.6) is 0 Å². The van der Waals surface area contributed by atoms with E-state index < -0.39 is 0 Å². The van der Waals surface area contributed by atoms with Crippen LogP contribution in [-0.2, 0) is 25.3 Å². The summed E-state index contributed by atoms with van der Waals surface area (Å²) < 4.78 is 0.743. The zero-order valence-electron chi connectivity index (χ0n) is 9.49. The van der Waals surface area contributed by atoms with Gasteiger partial charge in [-0.15, -0.1) is 0 Å². The van der Waals surface area contributed by atoms with E-state index in [9.17, 15) is 0 Å². The molecule has 1 aliphatic rings. The fourth-order valence-electron chi connectivity index (χ4n) is 1.47. The monoisotopic (exact) mass is 311 g/mol. The summed E-state index contributed by atoms with van der Waals surface area (Å²) in [5.74, 6) is 0. The number of hydrazine groups is 1. The second kappa shape index (κ2) is 11.0. The molecule has 0 aromatic carbocycles. The maximum absolute atomic E-state index is 4.83. The number of piperidine rings is 1. The topological polar surface area (TPSA) is 27.3 Å². The van der Waals surface area contributed by atoms with Crippen LogP contribution in [0.25, 0.3) is 0 Å². The third-order valence-electron chi connectivity index (χ3n) is 2.02. The molecule has 0 radical (unpaired) electrons. The molecule has 0 aromatic rings. The molecule has 0 spiro atoms. The van der Waals surface area contributed by atoms with Gasteiger partial charge in [-0.1, -0.05) is 4.32 Å². The van der Waals surface area contributed by atoms with Gasteiger partial charge in [-0.25, -0.2) is 5.01 Å². The SMILES string of the molecule is S=C([S-])NC1CCCCN1NC(=S)[S-].[Na+].[Na+]. The predicted molar refractivity (Wildman–Crippen MR) is 70.5 cm³/mol. The first kappa shape index (κ1) is 20.5. The Morgan fingerprint density at radius 2 is 1.75 bits per heavy atom. The largest absolute Gasteiger partial charge is 1.00 e. The van der Waals surface area contributed by atoms with Crippen molar-refractivity contribution in [1.29, 1.82) is 0 Å². The molecule has 0 bridgehead atoms. The van der Waals surface area contributed by atoms with Crippen LogP contribution in [-0.4, -0.2) is 26.4 Å². The van der Waals surface area contributed by atoms with Crippen molar-refractivity contribution in [2.45, 2.75) is 25.4 Å². The van der Waals surface area contributed by atoms with Crippen LogP contribution in [0.3, 0.4) is 0 Å². The first-order valence-corrected chi connectivity index (χ1v) is 5.94. The molecular formula is C7H11N3Na2S4. The molecular weight excluding hydrogens is 300 g/mol. The van der Waals surface area contributed by atoms with E-state index in [1.54, 1.807) is 0 Å². The summed E-state index contributed by atoms with van der Waals surface area (Å²) in [6.45, 7) is 0.909. The van der Waals surface area contributed by atoms with Crippen molar-refractivity contribution < 1.29 is 59.1 Å². The Balaban J connectivity index is 0. The fourth-order valence-corrected chi connectivity index (χ4v) is 1.98. The van der Waals surface area contributed by atoms with Crippen LogP contribution in [0.1, 0.15) is 19.3 Å². The van der Waals surface area contributed by atoms with Crippen LogP contribution in [0.4, 0.5) is 0 Å². The van der Waals surface area contributed by atoms with Crippen molar-refractivity contribution >= 4 is 58.3 Å². The van der Waals surface area contributed by atoms with Crippen molar-refractivity contribution in [2.24, 2.45) is 0 Å². The van der Waals surface area contributed by atoms with Gasteiger partial charge in [0.2, 0.25) is 0 Å². The van der Waals surface area contributed by atoms with Crippen LogP contribution in [0, 0.1) is 0 Å². The molecule has 80 valence electrons. The molecule has 1 fully saturated rings.